The Balaban J connectivity index is 2.31. The molecule has 0 saturated heterocycles. The molecule has 0 bridgehead atoms. The molecule has 1 heterocycles. The molecule has 0 radical (unpaired) electrons. The molecule has 1 aromatic heterocycles. The first-order chi connectivity index (χ1) is 9.15. The number of halogens is 3. The van der Waals surface area contributed by atoms with E-state index in [1.54, 1.807) is 12.1 Å². The van der Waals surface area contributed by atoms with Gasteiger partial charge in [0.2, 0.25) is 0 Å². The van der Waals surface area contributed by atoms with Crippen LogP contribution >= 0.6 is 34.8 Å². The van der Waals surface area contributed by atoms with E-state index in [-0.39, 0.29) is 0 Å². The van der Waals surface area contributed by atoms with Gasteiger partial charge in [-0.2, -0.15) is 0 Å². The maximum Gasteiger partial charge on any atom is 0.0754 e. The number of benzene rings is 2. The SMILES string of the molecule is Clc1cc(Cl)c2c(Cl)cc(-c3ccccc3)nc2c1. The first-order valence-corrected chi connectivity index (χ1v) is 6.79. The normalized spacial score (nSPS) is 10.9. The van der Waals surface area contributed by atoms with Gasteiger partial charge in [0.15, 0.2) is 0 Å². The quantitative estimate of drug-likeness (QED) is 0.548. The van der Waals surface area contributed by atoms with Crippen LogP contribution in [-0.2, 0) is 0 Å². The fourth-order valence-corrected chi connectivity index (χ4v) is 2.93. The van der Waals surface area contributed by atoms with E-state index >= 15 is 0 Å². The summed E-state index contributed by atoms with van der Waals surface area (Å²) in [5.74, 6) is 0. The van der Waals surface area contributed by atoms with Crippen LogP contribution in [0.25, 0.3) is 22.2 Å². The van der Waals surface area contributed by atoms with Crippen molar-refractivity contribution in [1.82, 2.24) is 4.98 Å². The topological polar surface area (TPSA) is 12.9 Å². The zero-order valence-electron chi connectivity index (χ0n) is 9.70. The minimum absolute atomic E-state index is 0.514. The second-order valence-corrected chi connectivity index (χ2v) is 5.39. The van der Waals surface area contributed by atoms with Crippen LogP contribution < -0.4 is 0 Å². The van der Waals surface area contributed by atoms with Gasteiger partial charge in [-0.1, -0.05) is 65.1 Å². The van der Waals surface area contributed by atoms with E-state index in [4.69, 9.17) is 34.8 Å². The molecule has 0 saturated carbocycles. The first-order valence-electron chi connectivity index (χ1n) is 5.66. The fraction of sp³-hybridized carbons (Fsp3) is 0. The lowest BCUT2D eigenvalue weighted by Gasteiger charge is -2.07. The number of rotatable bonds is 1. The molecule has 0 aliphatic rings. The number of hydrogen-bond donors (Lipinski definition) is 0. The van der Waals surface area contributed by atoms with Crippen LogP contribution in [0.3, 0.4) is 0 Å². The van der Waals surface area contributed by atoms with Crippen molar-refractivity contribution < 1.29 is 0 Å². The predicted octanol–water partition coefficient (Wildman–Crippen LogP) is 5.86. The maximum absolute atomic E-state index is 6.30. The molecule has 0 spiro atoms. The van der Waals surface area contributed by atoms with Gasteiger partial charge in [0.25, 0.3) is 0 Å². The largest absolute Gasteiger partial charge is 0.248 e. The number of nitrogens with zero attached hydrogens (tertiary/aromatic N) is 1. The van der Waals surface area contributed by atoms with Gasteiger partial charge in [0, 0.05) is 16.0 Å². The molecule has 3 rings (SSSR count). The van der Waals surface area contributed by atoms with Gasteiger partial charge in [-0.05, 0) is 18.2 Å². The second-order valence-electron chi connectivity index (χ2n) is 4.14. The fourth-order valence-electron chi connectivity index (χ4n) is 2.00. The highest BCUT2D eigenvalue weighted by atomic mass is 35.5. The lowest BCUT2D eigenvalue weighted by Crippen LogP contribution is -1.87. The van der Waals surface area contributed by atoms with Gasteiger partial charge in [-0.3, -0.25) is 0 Å². The molecule has 0 amide bonds. The highest BCUT2D eigenvalue weighted by Crippen LogP contribution is 2.34. The molecule has 2 aromatic carbocycles. The molecule has 0 atom stereocenters. The van der Waals surface area contributed by atoms with Gasteiger partial charge in [0.1, 0.15) is 0 Å². The van der Waals surface area contributed by atoms with Crippen molar-refractivity contribution in [2.24, 2.45) is 0 Å². The molecule has 0 fully saturated rings. The number of aromatic nitrogens is 1. The Hall–Kier alpha value is -1.28. The third kappa shape index (κ3) is 2.42. The van der Waals surface area contributed by atoms with Crippen molar-refractivity contribution in [3.63, 3.8) is 0 Å². The molecular weight excluding hydrogens is 301 g/mol. The Bertz CT molecular complexity index is 754. The van der Waals surface area contributed by atoms with E-state index < -0.39 is 0 Å². The minimum Gasteiger partial charge on any atom is -0.248 e. The smallest absolute Gasteiger partial charge is 0.0754 e. The molecule has 0 aliphatic carbocycles. The monoisotopic (exact) mass is 307 g/mol. The van der Waals surface area contributed by atoms with Crippen molar-refractivity contribution in [1.29, 1.82) is 0 Å². The predicted molar refractivity (Wildman–Crippen MR) is 82.2 cm³/mol. The summed E-state index contributed by atoms with van der Waals surface area (Å²) in [7, 11) is 0. The number of fused-ring (bicyclic) bond motifs is 1. The van der Waals surface area contributed by atoms with Gasteiger partial charge in [-0.25, -0.2) is 4.98 Å². The van der Waals surface area contributed by atoms with E-state index in [1.807, 2.05) is 36.4 Å². The summed E-state index contributed by atoms with van der Waals surface area (Å²) in [5.41, 5.74) is 2.50. The number of hydrogen-bond acceptors (Lipinski definition) is 1. The molecule has 0 unspecified atom stereocenters. The van der Waals surface area contributed by atoms with Crippen LogP contribution in [0.1, 0.15) is 0 Å². The van der Waals surface area contributed by atoms with Crippen molar-refractivity contribution in [3.8, 4) is 11.3 Å². The van der Waals surface area contributed by atoms with E-state index in [1.165, 1.54) is 0 Å². The number of pyridine rings is 1. The standard InChI is InChI=1S/C15H8Cl3N/c16-10-6-11(17)15-12(18)8-13(19-14(15)7-10)9-4-2-1-3-5-9/h1-8H. The van der Waals surface area contributed by atoms with Gasteiger partial charge >= 0.3 is 0 Å². The van der Waals surface area contributed by atoms with Crippen LogP contribution in [0.5, 0.6) is 0 Å². The van der Waals surface area contributed by atoms with E-state index in [2.05, 4.69) is 4.98 Å². The van der Waals surface area contributed by atoms with E-state index in [0.29, 0.717) is 20.6 Å². The van der Waals surface area contributed by atoms with Gasteiger partial charge in [0.05, 0.1) is 21.3 Å². The Labute approximate surface area is 125 Å². The highest BCUT2D eigenvalue weighted by molar-refractivity contribution is 6.43. The van der Waals surface area contributed by atoms with Crippen LogP contribution in [0.4, 0.5) is 0 Å². The summed E-state index contributed by atoms with van der Waals surface area (Å²) in [6.07, 6.45) is 0. The van der Waals surface area contributed by atoms with Crippen LogP contribution in [0, 0.1) is 0 Å². The first kappa shape index (κ1) is 12.7. The molecule has 19 heavy (non-hydrogen) atoms. The Kier molecular flexibility index (Phi) is 3.36. The third-order valence-electron chi connectivity index (χ3n) is 2.85. The maximum atomic E-state index is 6.30. The summed E-state index contributed by atoms with van der Waals surface area (Å²) >= 11 is 18.5. The third-order valence-corrected chi connectivity index (χ3v) is 3.66. The van der Waals surface area contributed by atoms with Crippen molar-refractivity contribution >= 4 is 45.7 Å². The van der Waals surface area contributed by atoms with Crippen molar-refractivity contribution in [2.75, 3.05) is 0 Å². The average molecular weight is 309 g/mol. The molecule has 94 valence electrons. The van der Waals surface area contributed by atoms with Crippen molar-refractivity contribution in [2.45, 2.75) is 0 Å². The zero-order chi connectivity index (χ0) is 13.4. The molecule has 0 N–H and O–H groups in total. The second kappa shape index (κ2) is 5.01. The van der Waals surface area contributed by atoms with Crippen LogP contribution in [0.2, 0.25) is 15.1 Å². The summed E-state index contributed by atoms with van der Waals surface area (Å²) in [5, 5.41) is 2.36. The summed E-state index contributed by atoms with van der Waals surface area (Å²) in [6.45, 7) is 0. The van der Waals surface area contributed by atoms with Crippen molar-refractivity contribution in [3.05, 3.63) is 63.6 Å². The molecule has 4 heteroatoms. The van der Waals surface area contributed by atoms with E-state index in [9.17, 15) is 0 Å². The lowest BCUT2D eigenvalue weighted by atomic mass is 10.1. The minimum atomic E-state index is 0.514. The lowest BCUT2D eigenvalue weighted by molar-refractivity contribution is 1.40. The molecule has 1 nitrogen and oxygen atoms in total. The Morgan fingerprint density at radius 3 is 2.21 bits per heavy atom. The molecule has 3 aromatic rings. The van der Waals surface area contributed by atoms with E-state index in [0.717, 1.165) is 16.6 Å². The Morgan fingerprint density at radius 2 is 1.47 bits per heavy atom. The van der Waals surface area contributed by atoms with Gasteiger partial charge < -0.3 is 0 Å². The van der Waals surface area contributed by atoms with Crippen LogP contribution in [0.15, 0.2) is 48.5 Å². The van der Waals surface area contributed by atoms with Crippen LogP contribution in [-0.4, -0.2) is 4.98 Å². The molecule has 0 aliphatic heterocycles. The zero-order valence-corrected chi connectivity index (χ0v) is 12.0. The average Bonchev–Trinajstić information content (AvgIpc) is 2.38. The molecular formula is C15H8Cl3N. The highest BCUT2D eigenvalue weighted by Gasteiger charge is 2.10. The Morgan fingerprint density at radius 1 is 0.789 bits per heavy atom. The summed E-state index contributed by atoms with van der Waals surface area (Å²) < 4.78 is 0. The summed E-state index contributed by atoms with van der Waals surface area (Å²) in [6, 6.07) is 15.1. The summed E-state index contributed by atoms with van der Waals surface area (Å²) in [4.78, 5) is 4.57. The van der Waals surface area contributed by atoms with Gasteiger partial charge in [-0.15, -0.1) is 0 Å².